The van der Waals surface area contributed by atoms with Crippen LogP contribution in [0.5, 0.6) is 0 Å². The van der Waals surface area contributed by atoms with Gasteiger partial charge in [-0.25, -0.2) is 0 Å². The van der Waals surface area contributed by atoms with Gasteiger partial charge in [0.2, 0.25) is 5.91 Å². The highest BCUT2D eigenvalue weighted by Crippen LogP contribution is 2.02. The average Bonchev–Trinajstić information content (AvgIpc) is 2.25. The molecule has 0 aliphatic carbocycles. The molecular formula is C12H17NO2. The van der Waals surface area contributed by atoms with E-state index in [1.807, 2.05) is 31.2 Å². The van der Waals surface area contributed by atoms with Crippen LogP contribution in [0.1, 0.15) is 24.0 Å². The van der Waals surface area contributed by atoms with Gasteiger partial charge in [-0.2, -0.15) is 0 Å². The van der Waals surface area contributed by atoms with E-state index < -0.39 is 0 Å². The summed E-state index contributed by atoms with van der Waals surface area (Å²) in [4.78, 5) is 11.2. The molecule has 0 saturated carbocycles. The molecule has 0 heterocycles. The lowest BCUT2D eigenvalue weighted by molar-refractivity contribution is -0.121. The summed E-state index contributed by atoms with van der Waals surface area (Å²) < 4.78 is 0. The summed E-state index contributed by atoms with van der Waals surface area (Å²) in [6.07, 6.45) is 0.919. The van der Waals surface area contributed by atoms with Gasteiger partial charge < -0.3 is 10.4 Å². The number of hydrogen-bond donors (Lipinski definition) is 2. The van der Waals surface area contributed by atoms with Crippen LogP contribution in [0.2, 0.25) is 0 Å². The number of rotatable bonds is 5. The van der Waals surface area contributed by atoms with Crippen LogP contribution >= 0.6 is 0 Å². The summed E-state index contributed by atoms with van der Waals surface area (Å²) in [6.45, 7) is 2.66. The van der Waals surface area contributed by atoms with Crippen molar-refractivity contribution in [3.05, 3.63) is 35.4 Å². The van der Waals surface area contributed by atoms with Crippen molar-refractivity contribution >= 4 is 5.91 Å². The molecule has 15 heavy (non-hydrogen) atoms. The summed E-state index contributed by atoms with van der Waals surface area (Å²) in [5, 5.41) is 11.4. The van der Waals surface area contributed by atoms with Crippen molar-refractivity contribution in [3.63, 3.8) is 0 Å². The van der Waals surface area contributed by atoms with Crippen molar-refractivity contribution in [3.8, 4) is 0 Å². The van der Waals surface area contributed by atoms with Gasteiger partial charge >= 0.3 is 0 Å². The zero-order chi connectivity index (χ0) is 11.1. The van der Waals surface area contributed by atoms with E-state index in [0.717, 1.165) is 5.56 Å². The molecule has 0 spiro atoms. The third-order valence-corrected chi connectivity index (χ3v) is 2.17. The molecule has 1 amide bonds. The lowest BCUT2D eigenvalue weighted by Crippen LogP contribution is -2.22. The number of aliphatic hydroxyl groups excluding tert-OH is 1. The van der Waals surface area contributed by atoms with Crippen LogP contribution in [0.15, 0.2) is 24.3 Å². The molecule has 82 valence electrons. The summed E-state index contributed by atoms with van der Waals surface area (Å²) in [5.41, 5.74) is 2.31. The Labute approximate surface area is 90.1 Å². The normalized spacial score (nSPS) is 10.0. The second-order valence-electron chi connectivity index (χ2n) is 3.59. The van der Waals surface area contributed by atoms with E-state index in [2.05, 4.69) is 5.32 Å². The number of carbonyl (C=O) groups is 1. The molecule has 0 bridgehead atoms. The Balaban J connectivity index is 2.30. The second-order valence-corrected chi connectivity index (χ2v) is 3.59. The molecule has 3 heteroatoms. The van der Waals surface area contributed by atoms with Gasteiger partial charge in [0, 0.05) is 19.6 Å². The molecule has 0 saturated heterocycles. The molecule has 3 nitrogen and oxygen atoms in total. The highest BCUT2D eigenvalue weighted by molar-refractivity contribution is 5.75. The lowest BCUT2D eigenvalue weighted by atomic mass is 10.1. The predicted molar refractivity (Wildman–Crippen MR) is 59.3 cm³/mol. The third kappa shape index (κ3) is 4.61. The third-order valence-electron chi connectivity index (χ3n) is 2.17. The molecule has 0 fully saturated rings. The summed E-state index contributed by atoms with van der Waals surface area (Å²) in [7, 11) is 0. The van der Waals surface area contributed by atoms with Crippen LogP contribution in [0.4, 0.5) is 0 Å². The lowest BCUT2D eigenvalue weighted by Gasteiger charge is -2.04. The molecule has 0 atom stereocenters. The number of aryl methyl sites for hydroxylation is 1. The number of amides is 1. The number of nitrogens with one attached hydrogen (secondary N) is 1. The van der Waals surface area contributed by atoms with Gasteiger partial charge in [-0.1, -0.05) is 29.8 Å². The molecule has 2 N–H and O–H groups in total. The fourth-order valence-electron chi connectivity index (χ4n) is 1.23. The molecule has 1 rings (SSSR count). The Morgan fingerprint density at radius 2 is 2.00 bits per heavy atom. The van der Waals surface area contributed by atoms with Crippen molar-refractivity contribution in [1.29, 1.82) is 0 Å². The Bertz CT molecular complexity index is 306. The number of aliphatic hydroxyl groups is 1. The van der Waals surface area contributed by atoms with Crippen LogP contribution in [0.25, 0.3) is 0 Å². The molecule has 1 aromatic carbocycles. The maximum atomic E-state index is 11.2. The quantitative estimate of drug-likeness (QED) is 0.766. The fourth-order valence-corrected chi connectivity index (χ4v) is 1.23. The van der Waals surface area contributed by atoms with E-state index in [-0.39, 0.29) is 12.5 Å². The summed E-state index contributed by atoms with van der Waals surface area (Å²) in [5.74, 6) is -0.00961. The minimum Gasteiger partial charge on any atom is -0.396 e. The van der Waals surface area contributed by atoms with E-state index in [0.29, 0.717) is 19.4 Å². The summed E-state index contributed by atoms with van der Waals surface area (Å²) >= 11 is 0. The first kappa shape index (κ1) is 11.7. The first-order valence-corrected chi connectivity index (χ1v) is 5.15. The van der Waals surface area contributed by atoms with Crippen molar-refractivity contribution in [2.45, 2.75) is 26.3 Å². The largest absolute Gasteiger partial charge is 0.396 e. The van der Waals surface area contributed by atoms with Crippen LogP contribution in [0.3, 0.4) is 0 Å². The molecule has 0 aliphatic rings. The predicted octanol–water partition coefficient (Wildman–Crippen LogP) is 1.38. The minimum atomic E-state index is -0.00961. The van der Waals surface area contributed by atoms with E-state index in [1.54, 1.807) is 0 Å². The van der Waals surface area contributed by atoms with Gasteiger partial charge in [-0.05, 0) is 18.9 Å². The molecule has 0 aliphatic heterocycles. The first-order chi connectivity index (χ1) is 7.22. The number of hydrogen-bond acceptors (Lipinski definition) is 2. The molecule has 1 aromatic rings. The Morgan fingerprint density at radius 3 is 2.60 bits per heavy atom. The van der Waals surface area contributed by atoms with Gasteiger partial charge in [0.1, 0.15) is 0 Å². The summed E-state index contributed by atoms with van der Waals surface area (Å²) in [6, 6.07) is 8.05. The number of benzene rings is 1. The highest BCUT2D eigenvalue weighted by atomic mass is 16.3. The smallest absolute Gasteiger partial charge is 0.220 e. The van der Waals surface area contributed by atoms with Crippen molar-refractivity contribution < 1.29 is 9.90 Å². The van der Waals surface area contributed by atoms with Crippen LogP contribution < -0.4 is 5.32 Å². The zero-order valence-electron chi connectivity index (χ0n) is 8.99. The van der Waals surface area contributed by atoms with Crippen molar-refractivity contribution in [1.82, 2.24) is 5.32 Å². The van der Waals surface area contributed by atoms with Crippen molar-refractivity contribution in [2.75, 3.05) is 6.61 Å². The molecule has 0 radical (unpaired) electrons. The maximum absolute atomic E-state index is 11.2. The maximum Gasteiger partial charge on any atom is 0.220 e. The SMILES string of the molecule is Cc1ccc(CNC(=O)CCCO)cc1. The zero-order valence-corrected chi connectivity index (χ0v) is 8.99. The van der Waals surface area contributed by atoms with E-state index >= 15 is 0 Å². The topological polar surface area (TPSA) is 49.3 Å². The monoisotopic (exact) mass is 207 g/mol. The molecule has 0 unspecified atom stereocenters. The van der Waals surface area contributed by atoms with Crippen LogP contribution in [-0.2, 0) is 11.3 Å². The highest BCUT2D eigenvalue weighted by Gasteiger charge is 1.99. The minimum absolute atomic E-state index is 0.00961. The van der Waals surface area contributed by atoms with Crippen LogP contribution in [-0.4, -0.2) is 17.6 Å². The van der Waals surface area contributed by atoms with Gasteiger partial charge in [0.25, 0.3) is 0 Å². The fraction of sp³-hybridized carbons (Fsp3) is 0.417. The first-order valence-electron chi connectivity index (χ1n) is 5.15. The van der Waals surface area contributed by atoms with Crippen LogP contribution in [0, 0.1) is 6.92 Å². The Hall–Kier alpha value is -1.35. The second kappa shape index (κ2) is 6.19. The average molecular weight is 207 g/mol. The molecule has 0 aromatic heterocycles. The van der Waals surface area contributed by atoms with E-state index in [9.17, 15) is 4.79 Å². The van der Waals surface area contributed by atoms with Gasteiger partial charge in [-0.3, -0.25) is 4.79 Å². The van der Waals surface area contributed by atoms with Gasteiger partial charge in [0.15, 0.2) is 0 Å². The number of carbonyl (C=O) groups excluding carboxylic acids is 1. The molecular weight excluding hydrogens is 190 g/mol. The standard InChI is InChI=1S/C12H17NO2/c1-10-4-6-11(7-5-10)9-13-12(15)3-2-8-14/h4-7,14H,2-3,8-9H2,1H3,(H,13,15). The Morgan fingerprint density at radius 1 is 1.33 bits per heavy atom. The van der Waals surface area contributed by atoms with Gasteiger partial charge in [0.05, 0.1) is 0 Å². The van der Waals surface area contributed by atoms with E-state index in [4.69, 9.17) is 5.11 Å². The van der Waals surface area contributed by atoms with E-state index in [1.165, 1.54) is 5.56 Å². The van der Waals surface area contributed by atoms with Gasteiger partial charge in [-0.15, -0.1) is 0 Å². The van der Waals surface area contributed by atoms with Crippen molar-refractivity contribution in [2.24, 2.45) is 0 Å². The Kier molecular flexibility index (Phi) is 4.84.